The average molecular weight is 326 g/mol. The van der Waals surface area contributed by atoms with Crippen LogP contribution in [0.4, 0.5) is 0 Å². The SMILES string of the molecule is CCC(C)Oc1ccc2cc(B3OC(C)(C)C(C)(C)O3)ccc2c1. The summed E-state index contributed by atoms with van der Waals surface area (Å²) in [5, 5.41) is 2.33. The van der Waals surface area contributed by atoms with Crippen molar-refractivity contribution >= 4 is 23.4 Å². The predicted octanol–water partition coefficient (Wildman–Crippen LogP) is 4.32. The Morgan fingerprint density at radius 2 is 1.54 bits per heavy atom. The molecule has 3 rings (SSSR count). The Morgan fingerprint density at radius 3 is 2.17 bits per heavy atom. The summed E-state index contributed by atoms with van der Waals surface area (Å²) in [5.74, 6) is 0.917. The van der Waals surface area contributed by atoms with Gasteiger partial charge in [0.05, 0.1) is 17.3 Å². The summed E-state index contributed by atoms with van der Waals surface area (Å²) in [6, 6.07) is 12.6. The Balaban J connectivity index is 1.86. The molecule has 1 heterocycles. The van der Waals surface area contributed by atoms with Gasteiger partial charge in [0.15, 0.2) is 0 Å². The summed E-state index contributed by atoms with van der Waals surface area (Å²) in [4.78, 5) is 0. The van der Waals surface area contributed by atoms with Crippen molar-refractivity contribution < 1.29 is 14.0 Å². The molecule has 1 saturated heterocycles. The molecule has 0 aliphatic carbocycles. The second-order valence-corrected chi connectivity index (χ2v) is 7.69. The molecular formula is C20H27BO3. The fraction of sp³-hybridized carbons (Fsp3) is 0.500. The van der Waals surface area contributed by atoms with Crippen molar-refractivity contribution in [2.75, 3.05) is 0 Å². The highest BCUT2D eigenvalue weighted by Gasteiger charge is 2.51. The van der Waals surface area contributed by atoms with Gasteiger partial charge < -0.3 is 14.0 Å². The first-order valence-electron chi connectivity index (χ1n) is 8.78. The third-order valence-electron chi connectivity index (χ3n) is 5.27. The third-order valence-corrected chi connectivity index (χ3v) is 5.27. The van der Waals surface area contributed by atoms with Crippen molar-refractivity contribution in [3.63, 3.8) is 0 Å². The Bertz CT molecular complexity index is 723. The van der Waals surface area contributed by atoms with Crippen molar-refractivity contribution in [3.05, 3.63) is 36.4 Å². The van der Waals surface area contributed by atoms with E-state index in [0.717, 1.165) is 23.0 Å². The highest BCUT2D eigenvalue weighted by molar-refractivity contribution is 6.62. The van der Waals surface area contributed by atoms with E-state index in [2.05, 4.69) is 71.9 Å². The monoisotopic (exact) mass is 326 g/mol. The maximum absolute atomic E-state index is 6.14. The van der Waals surface area contributed by atoms with Crippen LogP contribution >= 0.6 is 0 Å². The standard InChI is InChI=1S/C20H27BO3/c1-7-14(2)22-18-11-9-15-12-17(10-8-16(15)13-18)21-23-19(3,4)20(5,6)24-21/h8-14H,7H2,1-6H3. The van der Waals surface area contributed by atoms with Gasteiger partial charge in [0.1, 0.15) is 5.75 Å². The molecule has 128 valence electrons. The molecule has 0 bridgehead atoms. The van der Waals surface area contributed by atoms with Crippen LogP contribution < -0.4 is 10.2 Å². The molecule has 1 aliphatic heterocycles. The zero-order valence-corrected chi connectivity index (χ0v) is 15.6. The molecule has 2 aromatic carbocycles. The molecule has 3 nitrogen and oxygen atoms in total. The van der Waals surface area contributed by atoms with Crippen LogP contribution in [0.25, 0.3) is 10.8 Å². The van der Waals surface area contributed by atoms with E-state index in [-0.39, 0.29) is 24.4 Å². The van der Waals surface area contributed by atoms with E-state index in [4.69, 9.17) is 14.0 Å². The summed E-state index contributed by atoms with van der Waals surface area (Å²) < 4.78 is 18.2. The van der Waals surface area contributed by atoms with E-state index in [0.29, 0.717) is 0 Å². The molecular weight excluding hydrogens is 299 g/mol. The van der Waals surface area contributed by atoms with E-state index in [1.807, 2.05) is 6.07 Å². The summed E-state index contributed by atoms with van der Waals surface area (Å²) in [6.07, 6.45) is 1.23. The zero-order chi connectivity index (χ0) is 17.5. The van der Waals surface area contributed by atoms with Gasteiger partial charge >= 0.3 is 7.12 Å². The van der Waals surface area contributed by atoms with Gasteiger partial charge in [0.2, 0.25) is 0 Å². The Labute approximate surface area is 145 Å². The minimum atomic E-state index is -0.324. The number of hydrogen-bond donors (Lipinski definition) is 0. The van der Waals surface area contributed by atoms with Crippen molar-refractivity contribution in [2.24, 2.45) is 0 Å². The molecule has 0 radical (unpaired) electrons. The second-order valence-electron chi connectivity index (χ2n) is 7.69. The molecule has 1 unspecified atom stereocenters. The van der Waals surface area contributed by atoms with Crippen LogP contribution in [0.15, 0.2) is 36.4 Å². The van der Waals surface area contributed by atoms with Gasteiger partial charge in [-0.2, -0.15) is 0 Å². The number of benzene rings is 2. The number of fused-ring (bicyclic) bond motifs is 1. The molecule has 2 aromatic rings. The molecule has 0 spiro atoms. The highest BCUT2D eigenvalue weighted by Crippen LogP contribution is 2.36. The average Bonchev–Trinajstić information content (AvgIpc) is 2.74. The molecule has 1 fully saturated rings. The third kappa shape index (κ3) is 3.18. The van der Waals surface area contributed by atoms with E-state index in [9.17, 15) is 0 Å². The molecule has 0 amide bonds. The Hall–Kier alpha value is -1.52. The summed E-state index contributed by atoms with van der Waals surface area (Å²) in [7, 11) is -0.324. The maximum Gasteiger partial charge on any atom is 0.494 e. The fourth-order valence-corrected chi connectivity index (χ4v) is 2.76. The zero-order valence-electron chi connectivity index (χ0n) is 15.6. The molecule has 0 aromatic heterocycles. The molecule has 0 N–H and O–H groups in total. The van der Waals surface area contributed by atoms with Crippen molar-refractivity contribution in [1.82, 2.24) is 0 Å². The van der Waals surface area contributed by atoms with Crippen LogP contribution in [0, 0.1) is 0 Å². The largest absolute Gasteiger partial charge is 0.494 e. The minimum absolute atomic E-state index is 0.228. The number of ether oxygens (including phenoxy) is 1. The van der Waals surface area contributed by atoms with Gasteiger partial charge in [0, 0.05) is 0 Å². The summed E-state index contributed by atoms with van der Waals surface area (Å²) >= 11 is 0. The van der Waals surface area contributed by atoms with Crippen molar-refractivity contribution in [1.29, 1.82) is 0 Å². The lowest BCUT2D eigenvalue weighted by Gasteiger charge is -2.32. The molecule has 1 atom stereocenters. The van der Waals surface area contributed by atoms with Crippen LogP contribution in [0.5, 0.6) is 5.75 Å². The highest BCUT2D eigenvalue weighted by atomic mass is 16.7. The first-order valence-corrected chi connectivity index (χ1v) is 8.78. The fourth-order valence-electron chi connectivity index (χ4n) is 2.76. The summed E-state index contributed by atoms with van der Waals surface area (Å²) in [6.45, 7) is 12.5. The number of hydrogen-bond acceptors (Lipinski definition) is 3. The van der Waals surface area contributed by atoms with Crippen molar-refractivity contribution in [3.8, 4) is 5.75 Å². The van der Waals surface area contributed by atoms with E-state index in [1.165, 1.54) is 5.39 Å². The Morgan fingerprint density at radius 1 is 0.958 bits per heavy atom. The predicted molar refractivity (Wildman–Crippen MR) is 100 cm³/mol. The van der Waals surface area contributed by atoms with Gasteiger partial charge in [-0.05, 0) is 69.4 Å². The Kier molecular flexibility index (Phi) is 4.39. The lowest BCUT2D eigenvalue weighted by Crippen LogP contribution is -2.41. The molecule has 24 heavy (non-hydrogen) atoms. The van der Waals surface area contributed by atoms with Gasteiger partial charge in [-0.3, -0.25) is 0 Å². The minimum Gasteiger partial charge on any atom is -0.491 e. The van der Waals surface area contributed by atoms with Gasteiger partial charge in [0.25, 0.3) is 0 Å². The van der Waals surface area contributed by atoms with Crippen LogP contribution in [0.3, 0.4) is 0 Å². The van der Waals surface area contributed by atoms with Gasteiger partial charge in [-0.25, -0.2) is 0 Å². The lowest BCUT2D eigenvalue weighted by atomic mass is 9.78. The first kappa shape index (κ1) is 17.3. The van der Waals surface area contributed by atoms with Crippen LogP contribution in [0.2, 0.25) is 0 Å². The lowest BCUT2D eigenvalue weighted by molar-refractivity contribution is 0.00578. The quantitative estimate of drug-likeness (QED) is 0.783. The maximum atomic E-state index is 6.14. The normalized spacial score (nSPS) is 20.3. The summed E-state index contributed by atoms with van der Waals surface area (Å²) in [5.41, 5.74) is 0.415. The smallest absolute Gasteiger partial charge is 0.491 e. The second kappa shape index (κ2) is 6.09. The van der Waals surface area contributed by atoms with E-state index < -0.39 is 0 Å². The number of rotatable bonds is 4. The first-order chi connectivity index (χ1) is 11.2. The van der Waals surface area contributed by atoms with Crippen LogP contribution in [-0.4, -0.2) is 24.4 Å². The molecule has 0 saturated carbocycles. The van der Waals surface area contributed by atoms with Gasteiger partial charge in [-0.15, -0.1) is 0 Å². The van der Waals surface area contributed by atoms with Crippen LogP contribution in [0.1, 0.15) is 48.0 Å². The molecule has 1 aliphatic rings. The van der Waals surface area contributed by atoms with E-state index >= 15 is 0 Å². The van der Waals surface area contributed by atoms with Gasteiger partial charge in [-0.1, -0.05) is 31.2 Å². The van der Waals surface area contributed by atoms with Crippen LogP contribution in [-0.2, 0) is 9.31 Å². The van der Waals surface area contributed by atoms with E-state index in [1.54, 1.807) is 0 Å². The molecule has 4 heteroatoms. The van der Waals surface area contributed by atoms with Crippen molar-refractivity contribution in [2.45, 2.75) is 65.3 Å². The topological polar surface area (TPSA) is 27.7 Å².